The number of benzene rings is 6. The zero-order valence-electron chi connectivity index (χ0n) is 40.7. The number of furan rings is 1. The molecule has 0 saturated heterocycles. The summed E-state index contributed by atoms with van der Waals surface area (Å²) in [6.07, 6.45) is 0. The molecule has 0 fully saturated rings. The number of aryl methyl sites for hydroxylation is 4. The van der Waals surface area contributed by atoms with Crippen molar-refractivity contribution < 1.29 is 4.42 Å². The van der Waals surface area contributed by atoms with Gasteiger partial charge in [-0.05, 0) is 165 Å². The molecule has 0 N–H and O–H groups in total. The zero-order chi connectivity index (χ0) is 45.5. The van der Waals surface area contributed by atoms with Crippen LogP contribution < -0.4 is 26.2 Å². The SMILES string of the molecule is Cc1cc(-c2csc3ccccc23)cc(C)c1N1c2ccc(C(C)(C)C)cc2B2c3c1cc(C(C)C)cc3N(c1c(C)cc(C(C)(C)C)cc1C)c1oc3ccc(C(C)(C)C)cc3c12. The van der Waals surface area contributed by atoms with Gasteiger partial charge in [-0.15, -0.1) is 11.3 Å². The first-order chi connectivity index (χ1) is 30.1. The van der Waals surface area contributed by atoms with E-state index in [2.05, 4.69) is 216 Å². The van der Waals surface area contributed by atoms with Gasteiger partial charge in [0.2, 0.25) is 5.88 Å². The van der Waals surface area contributed by atoms with Crippen LogP contribution in [-0.2, 0) is 16.2 Å². The van der Waals surface area contributed by atoms with Crippen LogP contribution in [0, 0.1) is 27.7 Å². The van der Waals surface area contributed by atoms with Gasteiger partial charge in [-0.2, -0.15) is 0 Å². The molecule has 10 rings (SSSR count). The topological polar surface area (TPSA) is 19.6 Å². The van der Waals surface area contributed by atoms with Gasteiger partial charge >= 0.3 is 0 Å². The Morgan fingerprint density at radius 3 is 1.73 bits per heavy atom. The Morgan fingerprint density at radius 2 is 1.11 bits per heavy atom. The molecule has 0 aliphatic carbocycles. The first kappa shape index (κ1) is 42.4. The minimum atomic E-state index is -0.0611. The molecule has 3 nitrogen and oxygen atoms in total. The molecule has 2 aromatic heterocycles. The molecule has 0 spiro atoms. The molecular weight excluding hydrogens is 796 g/mol. The standard InChI is InChI=1S/C59H63BN2OS/c1-33(2)38-28-48-53-49(29-38)62(55-36(5)26-42(27-37(55)6)59(13,14)15)56-52(44-30-40(57(7,8)9)21-23-50(44)63-56)60(53)46-31-41(58(10,11)12)20-22-47(46)61(48)54-34(3)24-39(25-35(54)4)45-32-64-51-19-17-16-18-43(45)51/h16-33H,1-15H3. The normalized spacial score (nSPS) is 13.9. The summed E-state index contributed by atoms with van der Waals surface area (Å²) in [5, 5.41) is 4.85. The number of nitrogens with zero attached hydrogens (tertiary/aromatic N) is 2. The summed E-state index contributed by atoms with van der Waals surface area (Å²) < 4.78 is 8.66. The number of rotatable bonds is 4. The van der Waals surface area contributed by atoms with E-state index in [1.54, 1.807) is 0 Å². The maximum atomic E-state index is 7.34. The van der Waals surface area contributed by atoms with Gasteiger partial charge in [0.25, 0.3) is 6.71 Å². The van der Waals surface area contributed by atoms with Crippen molar-refractivity contribution >= 4 is 89.8 Å². The van der Waals surface area contributed by atoms with E-state index in [1.807, 2.05) is 11.3 Å². The summed E-state index contributed by atoms with van der Waals surface area (Å²) >= 11 is 1.83. The molecule has 64 heavy (non-hydrogen) atoms. The van der Waals surface area contributed by atoms with Crippen LogP contribution in [-0.4, -0.2) is 6.71 Å². The Hall–Kier alpha value is -5.52. The Morgan fingerprint density at radius 1 is 0.547 bits per heavy atom. The summed E-state index contributed by atoms with van der Waals surface area (Å²) in [4.78, 5) is 5.16. The molecule has 2 aliphatic heterocycles. The number of hydrogen-bond donors (Lipinski definition) is 0. The fourth-order valence-electron chi connectivity index (χ4n) is 10.7. The number of hydrogen-bond acceptors (Lipinski definition) is 4. The molecule has 0 atom stereocenters. The van der Waals surface area contributed by atoms with E-state index >= 15 is 0 Å². The van der Waals surface area contributed by atoms with Crippen LogP contribution in [0.1, 0.15) is 127 Å². The molecule has 4 heterocycles. The van der Waals surface area contributed by atoms with E-state index in [0.717, 1.165) is 11.5 Å². The lowest BCUT2D eigenvalue weighted by Crippen LogP contribution is -2.61. The average molecular weight is 859 g/mol. The summed E-state index contributed by atoms with van der Waals surface area (Å²) in [5.74, 6) is 1.22. The van der Waals surface area contributed by atoms with Gasteiger partial charge < -0.3 is 9.32 Å². The van der Waals surface area contributed by atoms with Crippen molar-refractivity contribution in [1.29, 1.82) is 0 Å². The van der Waals surface area contributed by atoms with Crippen molar-refractivity contribution in [1.82, 2.24) is 0 Å². The third-order valence-electron chi connectivity index (χ3n) is 14.2. The van der Waals surface area contributed by atoms with Crippen LogP contribution in [0.5, 0.6) is 0 Å². The fraction of sp³-hybridized carbons (Fsp3) is 0.322. The summed E-state index contributed by atoms with van der Waals surface area (Å²) in [6.45, 7) is 34.8. The first-order valence-electron chi connectivity index (χ1n) is 23.3. The molecule has 6 aromatic carbocycles. The summed E-state index contributed by atoms with van der Waals surface area (Å²) in [5.41, 5.74) is 23.8. The third-order valence-corrected chi connectivity index (χ3v) is 15.2. The largest absolute Gasteiger partial charge is 0.440 e. The second-order valence-corrected chi connectivity index (χ2v) is 23.3. The quantitative estimate of drug-likeness (QED) is 0.164. The molecule has 2 aliphatic rings. The van der Waals surface area contributed by atoms with Crippen molar-refractivity contribution in [3.8, 4) is 11.1 Å². The van der Waals surface area contributed by atoms with Crippen LogP contribution in [0.3, 0.4) is 0 Å². The van der Waals surface area contributed by atoms with E-state index in [4.69, 9.17) is 4.42 Å². The lowest BCUT2D eigenvalue weighted by atomic mass is 9.33. The van der Waals surface area contributed by atoms with Gasteiger partial charge in [-0.3, -0.25) is 4.90 Å². The van der Waals surface area contributed by atoms with Gasteiger partial charge in [-0.1, -0.05) is 125 Å². The average Bonchev–Trinajstić information content (AvgIpc) is 3.82. The van der Waals surface area contributed by atoms with Gasteiger partial charge in [-0.25, -0.2) is 0 Å². The number of anilines is 6. The van der Waals surface area contributed by atoms with Crippen molar-refractivity contribution in [2.75, 3.05) is 9.80 Å². The van der Waals surface area contributed by atoms with Crippen LogP contribution in [0.2, 0.25) is 0 Å². The second-order valence-electron chi connectivity index (χ2n) is 22.3. The van der Waals surface area contributed by atoms with E-state index in [-0.39, 0.29) is 23.0 Å². The Labute approximate surface area is 386 Å². The highest BCUT2D eigenvalue weighted by Crippen LogP contribution is 2.51. The molecule has 5 heteroatoms. The van der Waals surface area contributed by atoms with Crippen molar-refractivity contribution in [3.63, 3.8) is 0 Å². The molecular formula is C59H63BN2OS. The van der Waals surface area contributed by atoms with Gasteiger partial charge in [0.1, 0.15) is 5.58 Å². The van der Waals surface area contributed by atoms with E-state index < -0.39 is 0 Å². The van der Waals surface area contributed by atoms with Gasteiger partial charge in [0.05, 0.1) is 11.4 Å². The summed E-state index contributed by atoms with van der Waals surface area (Å²) in [6, 6.07) is 37.8. The predicted octanol–water partition coefficient (Wildman–Crippen LogP) is 15.6. The monoisotopic (exact) mass is 858 g/mol. The summed E-state index contributed by atoms with van der Waals surface area (Å²) in [7, 11) is 0. The van der Waals surface area contributed by atoms with E-state index in [9.17, 15) is 0 Å². The molecule has 0 saturated carbocycles. The Balaban J connectivity index is 1.33. The van der Waals surface area contributed by atoms with Crippen molar-refractivity contribution in [3.05, 3.63) is 147 Å². The highest BCUT2D eigenvalue weighted by atomic mass is 32.1. The van der Waals surface area contributed by atoms with Gasteiger partial charge in [0, 0.05) is 43.6 Å². The molecule has 8 aromatic rings. The van der Waals surface area contributed by atoms with Crippen LogP contribution in [0.15, 0.2) is 107 Å². The predicted molar refractivity (Wildman–Crippen MR) is 280 cm³/mol. The lowest BCUT2D eigenvalue weighted by Gasteiger charge is -2.44. The van der Waals surface area contributed by atoms with E-state index in [1.165, 1.54) is 116 Å². The highest BCUT2D eigenvalue weighted by Gasteiger charge is 2.48. The van der Waals surface area contributed by atoms with Crippen LogP contribution in [0.25, 0.3) is 32.2 Å². The zero-order valence-corrected chi connectivity index (χ0v) is 41.5. The first-order valence-corrected chi connectivity index (χ1v) is 24.2. The van der Waals surface area contributed by atoms with Crippen molar-refractivity contribution in [2.45, 2.75) is 126 Å². The Bertz CT molecular complexity index is 3170. The van der Waals surface area contributed by atoms with Gasteiger partial charge in [0.15, 0.2) is 0 Å². The molecule has 324 valence electrons. The number of fused-ring (bicyclic) bond motifs is 7. The van der Waals surface area contributed by atoms with Crippen molar-refractivity contribution in [2.24, 2.45) is 0 Å². The molecule has 0 bridgehead atoms. The molecule has 0 radical (unpaired) electrons. The van der Waals surface area contributed by atoms with E-state index in [0.29, 0.717) is 5.92 Å². The highest BCUT2D eigenvalue weighted by molar-refractivity contribution is 7.17. The van der Waals surface area contributed by atoms with Crippen LogP contribution >= 0.6 is 11.3 Å². The second kappa shape index (κ2) is 14.5. The fourth-order valence-corrected chi connectivity index (χ4v) is 11.6. The molecule has 0 amide bonds. The lowest BCUT2D eigenvalue weighted by molar-refractivity contribution is 0.588. The van der Waals surface area contributed by atoms with Crippen LogP contribution in [0.4, 0.5) is 34.3 Å². The minimum absolute atomic E-state index is 0.0163. The maximum absolute atomic E-state index is 7.34. The third kappa shape index (κ3) is 6.59. The minimum Gasteiger partial charge on any atom is -0.440 e. The Kier molecular flexibility index (Phi) is 9.61. The number of thiophene rings is 1. The smallest absolute Gasteiger partial charge is 0.257 e. The maximum Gasteiger partial charge on any atom is 0.257 e. The molecule has 0 unspecified atom stereocenters.